The van der Waals surface area contributed by atoms with Crippen LogP contribution in [-0.2, 0) is 6.42 Å². The second-order valence-corrected chi connectivity index (χ2v) is 8.77. The molecule has 1 saturated heterocycles. The first kappa shape index (κ1) is 20.8. The van der Waals surface area contributed by atoms with E-state index in [1.165, 1.54) is 22.0 Å². The Kier molecular flexibility index (Phi) is 6.26. The highest BCUT2D eigenvalue weighted by Gasteiger charge is 2.18. The predicted molar refractivity (Wildman–Crippen MR) is 133 cm³/mol. The van der Waals surface area contributed by atoms with Gasteiger partial charge >= 0.3 is 0 Å². The molecule has 5 heteroatoms. The van der Waals surface area contributed by atoms with Crippen molar-refractivity contribution in [1.82, 2.24) is 9.88 Å². The van der Waals surface area contributed by atoms with E-state index in [9.17, 15) is 0 Å². The second kappa shape index (κ2) is 9.61. The van der Waals surface area contributed by atoms with Crippen LogP contribution in [0.3, 0.4) is 0 Å². The minimum atomic E-state index is 0.703. The van der Waals surface area contributed by atoms with Gasteiger partial charge in [0, 0.05) is 49.0 Å². The van der Waals surface area contributed by atoms with E-state index >= 15 is 0 Å². The Morgan fingerprint density at radius 2 is 1.75 bits per heavy atom. The maximum Gasteiger partial charge on any atom is 0.215 e. The van der Waals surface area contributed by atoms with Crippen molar-refractivity contribution in [2.45, 2.75) is 25.7 Å². The van der Waals surface area contributed by atoms with Crippen LogP contribution in [0.1, 0.15) is 24.8 Å². The summed E-state index contributed by atoms with van der Waals surface area (Å²) in [5.41, 5.74) is 3.64. The molecule has 3 heterocycles. The molecule has 2 aliphatic heterocycles. The Morgan fingerprint density at radius 1 is 0.906 bits per heavy atom. The highest BCUT2D eigenvalue weighted by Crippen LogP contribution is 2.28. The number of nitrogens with zero attached hydrogens (tertiary/aromatic N) is 3. The van der Waals surface area contributed by atoms with Crippen LogP contribution in [-0.4, -0.2) is 49.2 Å². The molecule has 0 radical (unpaired) electrons. The lowest BCUT2D eigenvalue weighted by molar-refractivity contribution is 0.237. The summed E-state index contributed by atoms with van der Waals surface area (Å²) < 4.78 is 5.90. The number of nitrogens with one attached hydrogen (secondary N) is 1. The van der Waals surface area contributed by atoms with Crippen LogP contribution >= 0.6 is 0 Å². The largest absolute Gasteiger partial charge is 0.478 e. The number of hydrogen-bond acceptors (Lipinski definition) is 5. The van der Waals surface area contributed by atoms with Crippen molar-refractivity contribution in [3.05, 3.63) is 72.4 Å². The standard InChI is InChI=1S/C27H32N4O/c1-21-11-12-23-13-14-26(29-27(23)28-21)32-20-5-4-15-30-16-18-31(19-17-30)25-10-6-8-22-7-2-3-9-24(22)25/h2-3,6-10,13-14H,1,4-5,11-12,15-20H2,(H,28,29). The van der Waals surface area contributed by atoms with E-state index in [0.29, 0.717) is 12.5 Å². The zero-order chi connectivity index (χ0) is 21.8. The summed E-state index contributed by atoms with van der Waals surface area (Å²) in [5.74, 6) is 1.61. The number of pyridine rings is 1. The van der Waals surface area contributed by atoms with Crippen LogP contribution in [0.25, 0.3) is 10.8 Å². The lowest BCUT2D eigenvalue weighted by atomic mass is 10.1. The molecule has 2 aliphatic rings. The number of fused-ring (bicyclic) bond motifs is 2. The monoisotopic (exact) mass is 428 g/mol. The summed E-state index contributed by atoms with van der Waals surface area (Å²) >= 11 is 0. The molecule has 1 aromatic heterocycles. The van der Waals surface area contributed by atoms with Crippen molar-refractivity contribution in [2.75, 3.05) is 49.5 Å². The van der Waals surface area contributed by atoms with Gasteiger partial charge in [-0.05, 0) is 55.3 Å². The van der Waals surface area contributed by atoms with Crippen molar-refractivity contribution in [3.8, 4) is 5.88 Å². The first-order valence-corrected chi connectivity index (χ1v) is 11.8. The van der Waals surface area contributed by atoms with Gasteiger partial charge in [-0.25, -0.2) is 0 Å². The van der Waals surface area contributed by atoms with Gasteiger partial charge in [-0.2, -0.15) is 4.98 Å². The number of piperazine rings is 1. The minimum Gasteiger partial charge on any atom is -0.478 e. The molecule has 0 aliphatic carbocycles. The van der Waals surface area contributed by atoms with Crippen LogP contribution in [0, 0.1) is 0 Å². The highest BCUT2D eigenvalue weighted by atomic mass is 16.5. The fourth-order valence-corrected chi connectivity index (χ4v) is 4.69. The lowest BCUT2D eigenvalue weighted by Crippen LogP contribution is -2.46. The molecule has 0 atom stereocenters. The maximum absolute atomic E-state index is 5.90. The van der Waals surface area contributed by atoms with Gasteiger partial charge in [0.05, 0.1) is 6.61 Å². The summed E-state index contributed by atoms with van der Waals surface area (Å²) in [4.78, 5) is 9.71. The normalized spacial score (nSPS) is 16.6. The average molecular weight is 429 g/mol. The van der Waals surface area contributed by atoms with E-state index in [-0.39, 0.29) is 0 Å². The van der Waals surface area contributed by atoms with Gasteiger partial charge in [0.1, 0.15) is 5.82 Å². The molecule has 0 unspecified atom stereocenters. The van der Waals surface area contributed by atoms with Crippen LogP contribution in [0.15, 0.2) is 66.9 Å². The van der Waals surface area contributed by atoms with E-state index < -0.39 is 0 Å². The highest BCUT2D eigenvalue weighted by molar-refractivity contribution is 5.94. The van der Waals surface area contributed by atoms with E-state index in [4.69, 9.17) is 4.74 Å². The van der Waals surface area contributed by atoms with Crippen molar-refractivity contribution in [3.63, 3.8) is 0 Å². The third-order valence-electron chi connectivity index (χ3n) is 6.54. The van der Waals surface area contributed by atoms with E-state index in [0.717, 1.165) is 69.9 Å². The van der Waals surface area contributed by atoms with E-state index in [1.807, 2.05) is 6.07 Å². The second-order valence-electron chi connectivity index (χ2n) is 8.77. The predicted octanol–water partition coefficient (Wildman–Crippen LogP) is 5.09. The number of unbranched alkanes of at least 4 members (excludes halogenated alkanes) is 1. The summed E-state index contributed by atoms with van der Waals surface area (Å²) in [6.07, 6.45) is 4.17. The Balaban J connectivity index is 1.04. The van der Waals surface area contributed by atoms with Gasteiger partial charge in [-0.3, -0.25) is 4.90 Å². The third-order valence-corrected chi connectivity index (χ3v) is 6.54. The SMILES string of the molecule is C=C1CCc2ccc(OCCCCN3CCN(c4cccc5ccccc45)CC3)nc2N1. The topological polar surface area (TPSA) is 40.6 Å². The molecule has 0 spiro atoms. The fourth-order valence-electron chi connectivity index (χ4n) is 4.69. The van der Waals surface area contributed by atoms with Gasteiger partial charge in [0.2, 0.25) is 5.88 Å². The average Bonchev–Trinajstić information content (AvgIpc) is 2.83. The van der Waals surface area contributed by atoms with Crippen LogP contribution in [0.5, 0.6) is 5.88 Å². The molecule has 32 heavy (non-hydrogen) atoms. The molecule has 0 saturated carbocycles. The molecule has 166 valence electrons. The lowest BCUT2D eigenvalue weighted by Gasteiger charge is -2.36. The number of allylic oxidation sites excluding steroid dienone is 1. The fraction of sp³-hybridized carbons (Fsp3) is 0.370. The zero-order valence-electron chi connectivity index (χ0n) is 18.7. The van der Waals surface area contributed by atoms with Crippen molar-refractivity contribution in [1.29, 1.82) is 0 Å². The smallest absolute Gasteiger partial charge is 0.215 e. The van der Waals surface area contributed by atoms with E-state index in [1.54, 1.807) is 0 Å². The number of anilines is 2. The molecule has 2 aromatic carbocycles. The Bertz CT molecular complexity index is 1080. The molecule has 1 N–H and O–H groups in total. The molecular formula is C27H32N4O. The van der Waals surface area contributed by atoms with Crippen LogP contribution < -0.4 is 15.0 Å². The first-order chi connectivity index (χ1) is 15.8. The number of hydrogen-bond donors (Lipinski definition) is 1. The molecule has 5 rings (SSSR count). The van der Waals surface area contributed by atoms with E-state index in [2.05, 4.69) is 75.2 Å². The summed E-state index contributed by atoms with van der Waals surface area (Å²) in [6, 6.07) is 19.4. The maximum atomic E-state index is 5.90. The number of ether oxygens (including phenoxy) is 1. The Hall–Kier alpha value is -3.05. The van der Waals surface area contributed by atoms with Crippen molar-refractivity contribution < 1.29 is 4.74 Å². The third kappa shape index (κ3) is 4.73. The zero-order valence-corrected chi connectivity index (χ0v) is 18.7. The molecule has 0 bridgehead atoms. The Labute approximate surface area is 190 Å². The number of rotatable bonds is 7. The van der Waals surface area contributed by atoms with Crippen molar-refractivity contribution in [2.24, 2.45) is 0 Å². The van der Waals surface area contributed by atoms with Gasteiger partial charge in [-0.1, -0.05) is 43.0 Å². The van der Waals surface area contributed by atoms with Gasteiger partial charge < -0.3 is 15.0 Å². The van der Waals surface area contributed by atoms with Crippen molar-refractivity contribution >= 4 is 22.3 Å². The summed E-state index contributed by atoms with van der Waals surface area (Å²) in [6.45, 7) is 10.3. The van der Waals surface area contributed by atoms with Gasteiger partial charge in [0.15, 0.2) is 0 Å². The molecule has 5 nitrogen and oxygen atoms in total. The molecule has 1 fully saturated rings. The summed E-state index contributed by atoms with van der Waals surface area (Å²) in [5, 5.41) is 5.95. The first-order valence-electron chi connectivity index (χ1n) is 11.8. The quantitative estimate of drug-likeness (QED) is 0.531. The minimum absolute atomic E-state index is 0.703. The molecule has 3 aromatic rings. The molecular weight excluding hydrogens is 396 g/mol. The van der Waals surface area contributed by atoms with Gasteiger partial charge in [-0.15, -0.1) is 0 Å². The Morgan fingerprint density at radius 3 is 2.66 bits per heavy atom. The number of benzene rings is 2. The van der Waals surface area contributed by atoms with Crippen LogP contribution in [0.2, 0.25) is 0 Å². The van der Waals surface area contributed by atoms with Crippen LogP contribution in [0.4, 0.5) is 11.5 Å². The number of aromatic nitrogens is 1. The molecule has 0 amide bonds. The van der Waals surface area contributed by atoms with Gasteiger partial charge in [0.25, 0.3) is 0 Å². The summed E-state index contributed by atoms with van der Waals surface area (Å²) in [7, 11) is 0. The number of aryl methyl sites for hydroxylation is 1.